The molecule has 0 atom stereocenters. The summed E-state index contributed by atoms with van der Waals surface area (Å²) in [7, 11) is 0. The molecule has 138 valence electrons. The zero-order valence-corrected chi connectivity index (χ0v) is 14.2. The Morgan fingerprint density at radius 2 is 1.74 bits per heavy atom. The van der Waals surface area contributed by atoms with Crippen molar-refractivity contribution in [2.24, 2.45) is 0 Å². The van der Waals surface area contributed by atoms with E-state index in [0.717, 1.165) is 12.1 Å². The van der Waals surface area contributed by atoms with Gasteiger partial charge in [-0.25, -0.2) is 4.98 Å². The first kappa shape index (κ1) is 17.0. The maximum atomic E-state index is 13.0. The second kappa shape index (κ2) is 5.79. The van der Waals surface area contributed by atoms with Gasteiger partial charge in [0.1, 0.15) is 11.6 Å². The smallest absolute Gasteiger partial charge is 0.406 e. The third-order valence-electron chi connectivity index (χ3n) is 3.97. The summed E-state index contributed by atoms with van der Waals surface area (Å²) in [4.78, 5) is 21.5. The molecule has 4 aromatic rings. The first-order valence-electron chi connectivity index (χ1n) is 7.84. The van der Waals surface area contributed by atoms with Crippen molar-refractivity contribution in [3.63, 3.8) is 0 Å². The number of halogens is 3. The fraction of sp³-hybridized carbons (Fsp3) is 0.176. The third kappa shape index (κ3) is 2.98. The highest BCUT2D eigenvalue weighted by Gasteiger charge is 2.31. The number of hydrogen-bond acceptors (Lipinski definition) is 5. The van der Waals surface area contributed by atoms with Crippen LogP contribution in [0.5, 0.6) is 5.75 Å². The van der Waals surface area contributed by atoms with Crippen LogP contribution < -0.4 is 10.3 Å². The Bertz CT molecular complexity index is 1230. The molecule has 0 aliphatic carbocycles. The summed E-state index contributed by atoms with van der Waals surface area (Å²) in [5.74, 6) is 0.555. The molecule has 0 fully saturated rings. The quantitative estimate of drug-likeness (QED) is 0.539. The van der Waals surface area contributed by atoms with Crippen molar-refractivity contribution in [3.05, 3.63) is 58.4 Å². The summed E-state index contributed by atoms with van der Waals surface area (Å²) in [5, 5.41) is 4.60. The van der Waals surface area contributed by atoms with E-state index in [1.54, 1.807) is 19.9 Å². The van der Waals surface area contributed by atoms with Gasteiger partial charge in [0.05, 0.1) is 16.6 Å². The topological polar surface area (TPSA) is 74.3 Å². The van der Waals surface area contributed by atoms with Crippen molar-refractivity contribution in [3.8, 4) is 11.4 Å². The molecule has 0 aliphatic rings. The molecule has 7 nitrogen and oxygen atoms in total. The van der Waals surface area contributed by atoms with Gasteiger partial charge in [-0.3, -0.25) is 9.36 Å². The predicted octanol–water partition coefficient (Wildman–Crippen LogP) is 2.94. The maximum Gasteiger partial charge on any atom is 0.573 e. The number of fused-ring (bicyclic) bond motifs is 3. The van der Waals surface area contributed by atoms with Crippen LogP contribution in [0.2, 0.25) is 0 Å². The molecule has 27 heavy (non-hydrogen) atoms. The zero-order valence-electron chi connectivity index (χ0n) is 14.2. The third-order valence-corrected chi connectivity index (χ3v) is 3.97. The Hall–Kier alpha value is -3.43. The molecule has 0 saturated heterocycles. The lowest BCUT2D eigenvalue weighted by molar-refractivity contribution is -0.274. The molecule has 0 aliphatic heterocycles. The van der Waals surface area contributed by atoms with Crippen molar-refractivity contribution >= 4 is 16.7 Å². The van der Waals surface area contributed by atoms with E-state index < -0.39 is 6.36 Å². The van der Waals surface area contributed by atoms with Gasteiger partial charge in [-0.15, -0.1) is 18.3 Å². The number of pyridine rings is 1. The van der Waals surface area contributed by atoms with Gasteiger partial charge in [0.2, 0.25) is 0 Å². The van der Waals surface area contributed by atoms with Gasteiger partial charge < -0.3 is 4.74 Å². The Kier molecular flexibility index (Phi) is 3.65. The molecule has 0 unspecified atom stereocenters. The molecule has 0 amide bonds. The average Bonchev–Trinajstić information content (AvgIpc) is 2.94. The van der Waals surface area contributed by atoms with Gasteiger partial charge in [-0.2, -0.15) is 9.50 Å². The van der Waals surface area contributed by atoms with Crippen molar-refractivity contribution in [2.45, 2.75) is 20.2 Å². The molecule has 3 heterocycles. The Morgan fingerprint density at radius 1 is 1.04 bits per heavy atom. The fourth-order valence-corrected chi connectivity index (χ4v) is 2.90. The molecular formula is C17H12F3N5O2. The van der Waals surface area contributed by atoms with E-state index in [-0.39, 0.29) is 11.3 Å². The fourth-order valence-electron chi connectivity index (χ4n) is 2.90. The first-order valence-corrected chi connectivity index (χ1v) is 7.84. The van der Waals surface area contributed by atoms with Crippen LogP contribution in [0.25, 0.3) is 22.4 Å². The Labute approximate surface area is 149 Å². The molecule has 0 bridgehead atoms. The summed E-state index contributed by atoms with van der Waals surface area (Å²) in [6, 6.07) is 6.72. The average molecular weight is 375 g/mol. The number of alkyl halides is 3. The SMILES string of the molecule is Cc1nc2nc(C)c3c(=O)n(-c4ccc(OC(F)(F)F)cc4)ccc3n2n1. The van der Waals surface area contributed by atoms with Gasteiger partial charge >= 0.3 is 6.36 Å². The highest BCUT2D eigenvalue weighted by molar-refractivity contribution is 5.82. The molecule has 0 N–H and O–H groups in total. The molecule has 4 rings (SSSR count). The van der Waals surface area contributed by atoms with Gasteiger partial charge in [-0.05, 0) is 44.2 Å². The first-order chi connectivity index (χ1) is 12.7. The molecular weight excluding hydrogens is 363 g/mol. The largest absolute Gasteiger partial charge is 0.573 e. The number of rotatable bonds is 2. The molecule has 0 spiro atoms. The van der Waals surface area contributed by atoms with Crippen molar-refractivity contribution in [2.75, 3.05) is 0 Å². The van der Waals surface area contributed by atoms with E-state index in [1.807, 2.05) is 0 Å². The lowest BCUT2D eigenvalue weighted by Gasteiger charge is -2.11. The minimum Gasteiger partial charge on any atom is -0.406 e. The van der Waals surface area contributed by atoms with Crippen LogP contribution >= 0.6 is 0 Å². The molecule has 1 aromatic carbocycles. The number of ether oxygens (including phenoxy) is 1. The van der Waals surface area contributed by atoms with Gasteiger partial charge in [0.15, 0.2) is 0 Å². The van der Waals surface area contributed by atoms with Crippen LogP contribution in [0, 0.1) is 13.8 Å². The minimum atomic E-state index is -4.77. The van der Waals surface area contributed by atoms with Crippen molar-refractivity contribution in [1.82, 2.24) is 24.1 Å². The summed E-state index contributed by atoms with van der Waals surface area (Å²) in [5.41, 5.74) is 1.07. The van der Waals surface area contributed by atoms with Crippen LogP contribution in [-0.2, 0) is 0 Å². The van der Waals surface area contributed by atoms with E-state index in [2.05, 4.69) is 19.8 Å². The highest BCUT2D eigenvalue weighted by Crippen LogP contribution is 2.24. The second-order valence-corrected chi connectivity index (χ2v) is 5.86. The van der Waals surface area contributed by atoms with Crippen LogP contribution in [0.1, 0.15) is 11.5 Å². The van der Waals surface area contributed by atoms with Gasteiger partial charge in [-0.1, -0.05) is 0 Å². The van der Waals surface area contributed by atoms with Crippen LogP contribution in [0.3, 0.4) is 0 Å². The van der Waals surface area contributed by atoms with Gasteiger partial charge in [0, 0.05) is 11.9 Å². The minimum absolute atomic E-state index is 0.352. The number of benzene rings is 1. The van der Waals surface area contributed by atoms with E-state index in [0.29, 0.717) is 33.9 Å². The van der Waals surface area contributed by atoms with Crippen molar-refractivity contribution in [1.29, 1.82) is 0 Å². The Morgan fingerprint density at radius 3 is 2.41 bits per heavy atom. The lowest BCUT2D eigenvalue weighted by atomic mass is 10.2. The van der Waals surface area contributed by atoms with Gasteiger partial charge in [0.25, 0.3) is 11.3 Å². The standard InChI is InChI=1S/C17H12F3N5O2/c1-9-14-13(25-16(21-9)22-10(2)23-25)7-8-24(15(14)26)11-3-5-12(6-4-11)27-17(18,19)20/h3-8H,1-2H3. The second-order valence-electron chi connectivity index (χ2n) is 5.86. The summed E-state index contributed by atoms with van der Waals surface area (Å²) in [6.07, 6.45) is -3.24. The van der Waals surface area contributed by atoms with Crippen LogP contribution in [0.4, 0.5) is 13.2 Å². The summed E-state index contributed by atoms with van der Waals surface area (Å²) in [6.45, 7) is 3.42. The number of aryl methyl sites for hydroxylation is 2. The lowest BCUT2D eigenvalue weighted by Crippen LogP contribution is -2.20. The molecule has 3 aromatic heterocycles. The summed E-state index contributed by atoms with van der Waals surface area (Å²) >= 11 is 0. The maximum absolute atomic E-state index is 13.0. The van der Waals surface area contributed by atoms with Crippen LogP contribution in [-0.4, -0.2) is 30.5 Å². The summed E-state index contributed by atoms with van der Waals surface area (Å²) < 4.78 is 43.5. The Balaban J connectivity index is 1.86. The predicted molar refractivity (Wildman–Crippen MR) is 90.0 cm³/mol. The number of aromatic nitrogens is 5. The number of hydrogen-bond donors (Lipinski definition) is 0. The van der Waals surface area contributed by atoms with E-state index >= 15 is 0 Å². The van der Waals surface area contributed by atoms with E-state index in [4.69, 9.17) is 0 Å². The monoisotopic (exact) mass is 375 g/mol. The molecule has 0 saturated carbocycles. The molecule has 10 heteroatoms. The molecule has 0 radical (unpaired) electrons. The highest BCUT2D eigenvalue weighted by atomic mass is 19.4. The normalized spacial score (nSPS) is 12.0. The number of nitrogens with zero attached hydrogens (tertiary/aromatic N) is 5. The van der Waals surface area contributed by atoms with E-state index in [9.17, 15) is 18.0 Å². The van der Waals surface area contributed by atoms with Crippen LogP contribution in [0.15, 0.2) is 41.3 Å². The van der Waals surface area contributed by atoms with E-state index in [1.165, 1.54) is 27.4 Å². The zero-order chi connectivity index (χ0) is 19.3. The van der Waals surface area contributed by atoms with Crippen molar-refractivity contribution < 1.29 is 17.9 Å².